The summed E-state index contributed by atoms with van der Waals surface area (Å²) in [6.45, 7) is 1.85. The zero-order valence-electron chi connectivity index (χ0n) is 10.9. The predicted molar refractivity (Wildman–Crippen MR) is 76.7 cm³/mol. The third-order valence-electron chi connectivity index (χ3n) is 2.71. The van der Waals surface area contributed by atoms with Crippen LogP contribution in [0.3, 0.4) is 0 Å². The number of nitrogens with zero attached hydrogens (tertiary/aromatic N) is 1. The molecule has 104 valence electrons. The number of carbonyl (C=O) groups is 1. The van der Waals surface area contributed by atoms with Gasteiger partial charge in [0.25, 0.3) is 11.6 Å². The summed E-state index contributed by atoms with van der Waals surface area (Å²) in [5.74, 6) is -0.00795. The minimum Gasteiger partial charge on any atom is -0.494 e. The quantitative estimate of drug-likeness (QED) is 0.693. The molecule has 6 nitrogen and oxygen atoms in total. The molecule has 0 aliphatic rings. The van der Waals surface area contributed by atoms with Crippen molar-refractivity contribution in [2.24, 2.45) is 0 Å². The van der Waals surface area contributed by atoms with Crippen molar-refractivity contribution >= 4 is 28.6 Å². The van der Waals surface area contributed by atoms with Crippen LogP contribution < -0.4 is 10.1 Å². The molecule has 0 saturated heterocycles. The van der Waals surface area contributed by atoms with Gasteiger partial charge in [0.2, 0.25) is 0 Å². The Balaban J connectivity index is 2.27. The zero-order valence-corrected chi connectivity index (χ0v) is 11.7. The van der Waals surface area contributed by atoms with Gasteiger partial charge in [0.05, 0.1) is 28.7 Å². The largest absolute Gasteiger partial charge is 0.494 e. The van der Waals surface area contributed by atoms with E-state index in [-0.39, 0.29) is 17.3 Å². The van der Waals surface area contributed by atoms with E-state index in [1.807, 2.05) is 18.4 Å². The van der Waals surface area contributed by atoms with Crippen LogP contribution in [0.2, 0.25) is 0 Å². The maximum absolute atomic E-state index is 12.1. The molecule has 2 rings (SSSR count). The predicted octanol–water partition coefficient (Wildman–Crippen LogP) is 3.23. The number of amides is 1. The van der Waals surface area contributed by atoms with E-state index in [4.69, 9.17) is 4.74 Å². The van der Waals surface area contributed by atoms with E-state index in [1.165, 1.54) is 36.6 Å². The average molecular weight is 292 g/mol. The smallest absolute Gasteiger partial charge is 0.273 e. The number of non-ortho nitro benzene ring substituents is 1. The van der Waals surface area contributed by atoms with Gasteiger partial charge in [0.15, 0.2) is 0 Å². The molecule has 1 heterocycles. The Labute approximate surface area is 119 Å². The van der Waals surface area contributed by atoms with Crippen molar-refractivity contribution < 1.29 is 14.5 Å². The Kier molecular flexibility index (Phi) is 3.99. The lowest BCUT2D eigenvalue weighted by molar-refractivity contribution is -0.384. The molecule has 0 unspecified atom stereocenters. The fourth-order valence-electron chi connectivity index (χ4n) is 1.68. The van der Waals surface area contributed by atoms with E-state index in [2.05, 4.69) is 5.32 Å². The summed E-state index contributed by atoms with van der Waals surface area (Å²) in [5, 5.41) is 15.2. The highest BCUT2D eigenvalue weighted by molar-refractivity contribution is 7.12. The van der Waals surface area contributed by atoms with Gasteiger partial charge in [-0.25, -0.2) is 0 Å². The second-order valence-electron chi connectivity index (χ2n) is 4.03. The van der Waals surface area contributed by atoms with Crippen LogP contribution in [0.1, 0.15) is 15.2 Å². The fraction of sp³-hybridized carbons (Fsp3) is 0.154. The van der Waals surface area contributed by atoms with Crippen LogP contribution in [-0.2, 0) is 0 Å². The van der Waals surface area contributed by atoms with E-state index in [0.29, 0.717) is 10.6 Å². The molecule has 7 heteroatoms. The van der Waals surface area contributed by atoms with E-state index < -0.39 is 4.92 Å². The van der Waals surface area contributed by atoms with Gasteiger partial charge in [0.1, 0.15) is 5.75 Å². The number of carbonyl (C=O) groups excluding carboxylic acids is 1. The Morgan fingerprint density at radius 3 is 2.70 bits per heavy atom. The van der Waals surface area contributed by atoms with E-state index >= 15 is 0 Å². The minimum atomic E-state index is -0.516. The molecule has 0 aliphatic heterocycles. The third-order valence-corrected chi connectivity index (χ3v) is 3.73. The summed E-state index contributed by atoms with van der Waals surface area (Å²) < 4.78 is 5.07. The van der Waals surface area contributed by atoms with Gasteiger partial charge in [0, 0.05) is 6.07 Å². The van der Waals surface area contributed by atoms with Crippen LogP contribution in [0.15, 0.2) is 29.6 Å². The van der Waals surface area contributed by atoms with Crippen molar-refractivity contribution in [1.82, 2.24) is 0 Å². The SMILES string of the molecule is COc1cc([N+](=O)[O-])ccc1NC(=O)c1sccc1C. The van der Waals surface area contributed by atoms with Gasteiger partial charge in [-0.05, 0) is 30.0 Å². The van der Waals surface area contributed by atoms with Gasteiger partial charge in [-0.15, -0.1) is 11.3 Å². The fourth-order valence-corrected chi connectivity index (χ4v) is 2.50. The third kappa shape index (κ3) is 2.77. The van der Waals surface area contributed by atoms with Gasteiger partial charge in [-0.1, -0.05) is 0 Å². The lowest BCUT2D eigenvalue weighted by Gasteiger charge is -2.09. The molecule has 1 amide bonds. The number of hydrogen-bond donors (Lipinski definition) is 1. The molecule has 1 aromatic carbocycles. The van der Waals surface area contributed by atoms with Crippen LogP contribution >= 0.6 is 11.3 Å². The van der Waals surface area contributed by atoms with E-state index in [1.54, 1.807) is 0 Å². The molecule has 0 atom stereocenters. The Morgan fingerprint density at radius 1 is 1.40 bits per heavy atom. The highest BCUT2D eigenvalue weighted by Gasteiger charge is 2.15. The maximum atomic E-state index is 12.1. The first-order chi connectivity index (χ1) is 9.52. The second-order valence-corrected chi connectivity index (χ2v) is 4.94. The summed E-state index contributed by atoms with van der Waals surface area (Å²) in [6.07, 6.45) is 0. The number of anilines is 1. The number of aryl methyl sites for hydroxylation is 1. The first-order valence-corrected chi connectivity index (χ1v) is 6.58. The number of thiophene rings is 1. The van der Waals surface area contributed by atoms with Crippen LogP contribution in [0.5, 0.6) is 5.75 Å². The highest BCUT2D eigenvalue weighted by atomic mass is 32.1. The van der Waals surface area contributed by atoms with E-state index in [9.17, 15) is 14.9 Å². The second kappa shape index (κ2) is 5.70. The van der Waals surface area contributed by atoms with Gasteiger partial charge in [-0.3, -0.25) is 14.9 Å². The molecule has 0 aliphatic carbocycles. The number of benzene rings is 1. The lowest BCUT2D eigenvalue weighted by atomic mass is 10.2. The maximum Gasteiger partial charge on any atom is 0.273 e. The monoisotopic (exact) mass is 292 g/mol. The number of rotatable bonds is 4. The Morgan fingerprint density at radius 2 is 2.15 bits per heavy atom. The number of ether oxygens (including phenoxy) is 1. The van der Waals surface area contributed by atoms with Crippen LogP contribution in [0, 0.1) is 17.0 Å². The highest BCUT2D eigenvalue weighted by Crippen LogP contribution is 2.30. The Bertz CT molecular complexity index is 666. The minimum absolute atomic E-state index is 0.0906. The lowest BCUT2D eigenvalue weighted by Crippen LogP contribution is -2.12. The number of nitrogens with one attached hydrogen (secondary N) is 1. The van der Waals surface area contributed by atoms with E-state index in [0.717, 1.165) is 5.56 Å². The molecule has 0 radical (unpaired) electrons. The normalized spacial score (nSPS) is 10.1. The average Bonchev–Trinajstić information content (AvgIpc) is 2.85. The molecule has 0 saturated carbocycles. The molecule has 20 heavy (non-hydrogen) atoms. The molecule has 0 bridgehead atoms. The van der Waals surface area contributed by atoms with Crippen molar-refractivity contribution in [3.05, 3.63) is 50.2 Å². The molecular formula is C13H12N2O4S. The summed E-state index contributed by atoms with van der Waals surface area (Å²) in [6, 6.07) is 5.90. The van der Waals surface area contributed by atoms with Crippen molar-refractivity contribution in [1.29, 1.82) is 0 Å². The van der Waals surface area contributed by atoms with Crippen LogP contribution in [0.4, 0.5) is 11.4 Å². The summed E-state index contributed by atoms with van der Waals surface area (Å²) in [5.41, 5.74) is 1.19. The van der Waals surface area contributed by atoms with Crippen molar-refractivity contribution in [3.63, 3.8) is 0 Å². The topological polar surface area (TPSA) is 81.5 Å². The van der Waals surface area contributed by atoms with Crippen LogP contribution in [-0.4, -0.2) is 17.9 Å². The zero-order chi connectivity index (χ0) is 14.7. The van der Waals surface area contributed by atoms with Gasteiger partial charge < -0.3 is 10.1 Å². The number of hydrogen-bond acceptors (Lipinski definition) is 5. The van der Waals surface area contributed by atoms with Gasteiger partial charge >= 0.3 is 0 Å². The molecule has 1 aromatic heterocycles. The number of nitro groups is 1. The Hall–Kier alpha value is -2.41. The summed E-state index contributed by atoms with van der Waals surface area (Å²) in [7, 11) is 1.39. The molecular weight excluding hydrogens is 280 g/mol. The summed E-state index contributed by atoms with van der Waals surface area (Å²) >= 11 is 1.34. The summed E-state index contributed by atoms with van der Waals surface area (Å²) in [4.78, 5) is 22.9. The van der Waals surface area contributed by atoms with Crippen molar-refractivity contribution in [2.45, 2.75) is 6.92 Å². The first-order valence-electron chi connectivity index (χ1n) is 5.71. The molecule has 0 fully saturated rings. The van der Waals surface area contributed by atoms with Gasteiger partial charge in [-0.2, -0.15) is 0 Å². The molecule has 0 spiro atoms. The van der Waals surface area contributed by atoms with Crippen LogP contribution in [0.25, 0.3) is 0 Å². The standard InChI is InChI=1S/C13H12N2O4S/c1-8-5-6-20-12(8)13(16)14-10-4-3-9(15(17)18)7-11(10)19-2/h3-7H,1-2H3,(H,14,16). The van der Waals surface area contributed by atoms with Crippen molar-refractivity contribution in [2.75, 3.05) is 12.4 Å². The number of methoxy groups -OCH3 is 1. The first kappa shape index (κ1) is 14.0. The number of nitro benzene ring substituents is 1. The molecule has 2 aromatic rings. The molecule has 1 N–H and O–H groups in total. The van der Waals surface area contributed by atoms with Crippen molar-refractivity contribution in [3.8, 4) is 5.75 Å².